The SMILES string of the molecule is O=C(c1ccc(Cl)c(NC2=N[C@@H]3CS(=O)(=O)C[C@@H]3S2)c1)N1CCN(c2cccc[nH+]2)CC1. The molecule has 3 aliphatic rings. The van der Waals surface area contributed by atoms with Gasteiger partial charge in [0.05, 0.1) is 47.5 Å². The number of aliphatic imine (C=N–C) groups is 1. The highest BCUT2D eigenvalue weighted by molar-refractivity contribution is 8.15. The van der Waals surface area contributed by atoms with Crippen molar-refractivity contribution in [2.75, 3.05) is 47.9 Å². The number of nitrogens with zero attached hydrogens (tertiary/aromatic N) is 3. The topological polar surface area (TPSA) is 96.2 Å². The first-order chi connectivity index (χ1) is 15.4. The number of rotatable bonds is 3. The number of piperazine rings is 1. The minimum atomic E-state index is -3.00. The van der Waals surface area contributed by atoms with Crippen molar-refractivity contribution < 1.29 is 18.2 Å². The van der Waals surface area contributed by atoms with Crippen LogP contribution in [0, 0.1) is 0 Å². The van der Waals surface area contributed by atoms with E-state index in [4.69, 9.17) is 11.6 Å². The van der Waals surface area contributed by atoms with Crippen molar-refractivity contribution in [3.63, 3.8) is 0 Å². The fraction of sp³-hybridized carbons (Fsp3) is 0.381. The molecule has 11 heteroatoms. The van der Waals surface area contributed by atoms with E-state index in [0.717, 1.165) is 18.9 Å². The standard InChI is InChI=1S/C21H22ClN5O3S2/c22-15-5-4-14(11-16(15)24-21-25-17-12-32(29,30)13-18(17)31-21)20(28)27-9-7-26(8-10-27)19-3-1-2-6-23-19/h1-6,11,17-18H,7-10,12-13H2,(H,24,25)/p+1/t17-,18+/m1/s1. The molecule has 0 spiro atoms. The van der Waals surface area contributed by atoms with E-state index in [1.807, 2.05) is 29.3 Å². The number of aromatic amines is 1. The van der Waals surface area contributed by atoms with Gasteiger partial charge in [0.15, 0.2) is 15.0 Å². The van der Waals surface area contributed by atoms with Gasteiger partial charge in [0.25, 0.3) is 11.7 Å². The Balaban J connectivity index is 1.25. The molecule has 8 nitrogen and oxygen atoms in total. The first-order valence-electron chi connectivity index (χ1n) is 10.4. The van der Waals surface area contributed by atoms with Crippen LogP contribution in [0.4, 0.5) is 11.5 Å². The van der Waals surface area contributed by atoms with Gasteiger partial charge >= 0.3 is 0 Å². The summed E-state index contributed by atoms with van der Waals surface area (Å²) in [5.74, 6) is 1.25. The van der Waals surface area contributed by atoms with Crippen molar-refractivity contribution in [1.82, 2.24) is 4.90 Å². The number of carbonyl (C=O) groups excluding carboxylic acids is 1. The summed E-state index contributed by atoms with van der Waals surface area (Å²) in [5, 5.41) is 4.28. The molecule has 0 saturated carbocycles. The van der Waals surface area contributed by atoms with E-state index < -0.39 is 9.84 Å². The van der Waals surface area contributed by atoms with Crippen LogP contribution >= 0.6 is 23.4 Å². The van der Waals surface area contributed by atoms with E-state index in [0.29, 0.717) is 34.5 Å². The second-order valence-corrected chi connectivity index (χ2v) is 11.9. The quantitative estimate of drug-likeness (QED) is 0.701. The zero-order valence-corrected chi connectivity index (χ0v) is 19.6. The highest BCUT2D eigenvalue weighted by Crippen LogP contribution is 2.35. The molecule has 5 rings (SSSR count). The Morgan fingerprint density at radius 3 is 2.69 bits per heavy atom. The predicted molar refractivity (Wildman–Crippen MR) is 127 cm³/mol. The molecule has 0 bridgehead atoms. The molecular formula is C21H23ClN5O3S2+. The number of thioether (sulfide) groups is 1. The monoisotopic (exact) mass is 492 g/mol. The molecule has 2 saturated heterocycles. The van der Waals surface area contributed by atoms with Gasteiger partial charge < -0.3 is 10.2 Å². The van der Waals surface area contributed by atoms with Gasteiger partial charge in [0.2, 0.25) is 0 Å². The number of amides is 1. The molecule has 1 aromatic carbocycles. The third kappa shape index (κ3) is 4.44. The summed E-state index contributed by atoms with van der Waals surface area (Å²) < 4.78 is 23.5. The van der Waals surface area contributed by atoms with Crippen molar-refractivity contribution in [3.8, 4) is 0 Å². The zero-order chi connectivity index (χ0) is 22.3. The third-order valence-electron chi connectivity index (χ3n) is 5.87. The number of hydrogen-bond donors (Lipinski definition) is 1. The van der Waals surface area contributed by atoms with E-state index in [-0.39, 0.29) is 28.7 Å². The van der Waals surface area contributed by atoms with Crippen LogP contribution in [0.25, 0.3) is 0 Å². The van der Waals surface area contributed by atoms with Gasteiger partial charge in [-0.15, -0.1) is 0 Å². The number of carbonyl (C=O) groups is 1. The number of amidine groups is 1. The zero-order valence-electron chi connectivity index (χ0n) is 17.2. The number of nitrogens with one attached hydrogen (secondary N) is 2. The molecule has 168 valence electrons. The van der Waals surface area contributed by atoms with Crippen molar-refractivity contribution in [2.24, 2.45) is 4.99 Å². The molecule has 32 heavy (non-hydrogen) atoms. The lowest BCUT2D eigenvalue weighted by Gasteiger charge is -2.31. The van der Waals surface area contributed by atoms with Crippen molar-refractivity contribution in [2.45, 2.75) is 11.3 Å². The second-order valence-electron chi connectivity index (χ2n) is 8.08. The fourth-order valence-corrected chi connectivity index (χ4v) is 8.03. The summed E-state index contributed by atoms with van der Waals surface area (Å²) in [7, 11) is -3.00. The smallest absolute Gasteiger partial charge is 0.274 e. The van der Waals surface area contributed by atoms with Crippen LogP contribution < -0.4 is 15.2 Å². The van der Waals surface area contributed by atoms with Crippen LogP contribution in [0.2, 0.25) is 5.02 Å². The maximum absolute atomic E-state index is 13.1. The summed E-state index contributed by atoms with van der Waals surface area (Å²) in [6.07, 6.45) is 1.90. The van der Waals surface area contributed by atoms with Gasteiger partial charge in [0.1, 0.15) is 13.1 Å². The molecule has 3 aliphatic heterocycles. The van der Waals surface area contributed by atoms with Gasteiger partial charge in [0, 0.05) is 16.9 Å². The molecule has 2 fully saturated rings. The van der Waals surface area contributed by atoms with E-state index in [9.17, 15) is 13.2 Å². The number of aromatic nitrogens is 1. The van der Waals surface area contributed by atoms with Crippen molar-refractivity contribution >= 4 is 55.8 Å². The molecule has 2 N–H and O–H groups in total. The van der Waals surface area contributed by atoms with Crippen LogP contribution in [-0.2, 0) is 9.84 Å². The molecule has 2 aromatic rings. The average molecular weight is 493 g/mol. The Morgan fingerprint density at radius 2 is 1.97 bits per heavy atom. The van der Waals surface area contributed by atoms with Gasteiger partial charge in [-0.25, -0.2) is 13.4 Å². The number of benzene rings is 1. The summed E-state index contributed by atoms with van der Waals surface area (Å²) in [6.45, 7) is 2.77. The Hall–Kier alpha value is -2.30. The third-order valence-corrected chi connectivity index (χ3v) is 9.34. The van der Waals surface area contributed by atoms with Crippen LogP contribution in [0.15, 0.2) is 47.6 Å². The second kappa shape index (κ2) is 8.57. The first-order valence-corrected chi connectivity index (χ1v) is 13.5. The van der Waals surface area contributed by atoms with Crippen molar-refractivity contribution in [3.05, 3.63) is 53.2 Å². The van der Waals surface area contributed by atoms with E-state index in [2.05, 4.69) is 20.2 Å². The minimum Gasteiger partial charge on any atom is -0.334 e. The summed E-state index contributed by atoms with van der Waals surface area (Å²) in [5.41, 5.74) is 1.16. The molecule has 4 heterocycles. The number of hydrogen-bond acceptors (Lipinski definition) is 7. The molecule has 0 unspecified atom stereocenters. The van der Waals surface area contributed by atoms with E-state index in [1.54, 1.807) is 18.2 Å². The number of H-pyrrole nitrogens is 1. The lowest BCUT2D eigenvalue weighted by molar-refractivity contribution is -0.364. The molecule has 0 aliphatic carbocycles. The van der Waals surface area contributed by atoms with Crippen LogP contribution in [0.3, 0.4) is 0 Å². The Bertz CT molecular complexity index is 1170. The maximum atomic E-state index is 13.1. The Labute approximate surface area is 196 Å². The number of pyridine rings is 1. The van der Waals surface area contributed by atoms with Gasteiger partial charge in [-0.05, 0) is 24.3 Å². The van der Waals surface area contributed by atoms with Crippen LogP contribution in [0.5, 0.6) is 0 Å². The summed E-state index contributed by atoms with van der Waals surface area (Å²) >= 11 is 7.79. The predicted octanol–water partition coefficient (Wildman–Crippen LogP) is 1.80. The van der Waals surface area contributed by atoms with Gasteiger partial charge in [-0.3, -0.25) is 14.7 Å². The number of sulfone groups is 1. The highest BCUT2D eigenvalue weighted by Gasteiger charge is 2.42. The van der Waals surface area contributed by atoms with Crippen molar-refractivity contribution in [1.29, 1.82) is 0 Å². The largest absolute Gasteiger partial charge is 0.334 e. The summed E-state index contributed by atoms with van der Waals surface area (Å²) in [4.78, 5) is 24.9. The normalized spacial score (nSPS) is 24.2. The Kier molecular flexibility index (Phi) is 5.77. The minimum absolute atomic E-state index is 0.0367. The average Bonchev–Trinajstić information content (AvgIpc) is 3.28. The molecular weight excluding hydrogens is 470 g/mol. The van der Waals surface area contributed by atoms with Crippen LogP contribution in [0.1, 0.15) is 10.4 Å². The highest BCUT2D eigenvalue weighted by atomic mass is 35.5. The number of anilines is 2. The number of fused-ring (bicyclic) bond motifs is 1. The summed E-state index contributed by atoms with van der Waals surface area (Å²) in [6, 6.07) is 10.9. The van der Waals surface area contributed by atoms with E-state index in [1.165, 1.54) is 11.8 Å². The maximum Gasteiger partial charge on any atom is 0.274 e. The molecule has 0 radical (unpaired) electrons. The Morgan fingerprint density at radius 1 is 1.16 bits per heavy atom. The van der Waals surface area contributed by atoms with Gasteiger partial charge in [-0.1, -0.05) is 29.4 Å². The van der Waals surface area contributed by atoms with Gasteiger partial charge in [-0.2, -0.15) is 0 Å². The van der Waals surface area contributed by atoms with Crippen LogP contribution in [-0.4, -0.2) is 73.4 Å². The molecule has 1 aromatic heterocycles. The lowest BCUT2D eigenvalue weighted by Crippen LogP contribution is -2.50. The first kappa shape index (κ1) is 21.5. The lowest BCUT2D eigenvalue weighted by atomic mass is 10.1. The molecule has 2 atom stereocenters. The molecule has 1 amide bonds. The van der Waals surface area contributed by atoms with E-state index >= 15 is 0 Å². The fourth-order valence-electron chi connectivity index (χ4n) is 4.20. The number of halogens is 1.